The molecule has 0 saturated carbocycles. The van der Waals surface area contributed by atoms with E-state index >= 15 is 0 Å². The number of carbonyl (C=O) groups is 1. The second-order valence-corrected chi connectivity index (χ2v) is 35.2. The number of thioether (sulfide) groups is 6. The molecule has 0 unspecified atom stereocenters. The highest BCUT2D eigenvalue weighted by Gasteiger charge is 2.30. The van der Waals surface area contributed by atoms with Crippen molar-refractivity contribution >= 4 is 121 Å². The number of aromatic amines is 2. The summed E-state index contributed by atoms with van der Waals surface area (Å²) in [5, 5.41) is 14.1. The highest BCUT2D eigenvalue weighted by atomic mass is 32.2. The first kappa shape index (κ1) is 81.3. The highest BCUT2D eigenvalue weighted by Crippen LogP contribution is 2.50. The summed E-state index contributed by atoms with van der Waals surface area (Å²) >= 11 is 11.6. The fourth-order valence-corrected chi connectivity index (χ4v) is 20.4. The van der Waals surface area contributed by atoms with E-state index in [1.165, 1.54) is 217 Å². The minimum absolute atomic E-state index is 0.186. The van der Waals surface area contributed by atoms with E-state index in [4.69, 9.17) is 34.6 Å². The molecule has 0 saturated heterocycles. The van der Waals surface area contributed by atoms with Crippen molar-refractivity contribution in [3.8, 4) is 57.1 Å². The molecule has 8 aromatic rings. The molecular formula is C87H118N8O3S6. The van der Waals surface area contributed by atoms with Gasteiger partial charge in [0, 0.05) is 67.6 Å². The number of hydrogen-bond acceptors (Lipinski definition) is 14. The second kappa shape index (κ2) is 45.0. The summed E-state index contributed by atoms with van der Waals surface area (Å²) in [6.45, 7) is 13.8. The zero-order valence-corrected chi connectivity index (χ0v) is 68.5. The molecule has 0 spiro atoms. The Morgan fingerprint density at radius 3 is 0.923 bits per heavy atom. The molecular weight excluding hydrogens is 1400 g/mol. The molecule has 8 bridgehead atoms. The van der Waals surface area contributed by atoms with Gasteiger partial charge in [0.25, 0.3) is 0 Å². The highest BCUT2D eigenvalue weighted by molar-refractivity contribution is 8.01. The fraction of sp³-hybridized carbons (Fsp3) is 0.552. The average Bonchev–Trinajstić information content (AvgIpc) is 1.58. The fourth-order valence-electron chi connectivity index (χ4n) is 14.0. The number of H-pyrrole nitrogens is 2. The van der Waals surface area contributed by atoms with E-state index in [9.17, 15) is 9.90 Å². The molecule has 5 heterocycles. The molecule has 0 amide bonds. The van der Waals surface area contributed by atoms with Crippen molar-refractivity contribution in [3.63, 3.8) is 0 Å². The van der Waals surface area contributed by atoms with Gasteiger partial charge in [-0.05, 0) is 140 Å². The van der Waals surface area contributed by atoms with Gasteiger partial charge in [0.1, 0.15) is 34.1 Å². The van der Waals surface area contributed by atoms with E-state index in [-0.39, 0.29) is 5.56 Å². The lowest BCUT2D eigenvalue weighted by Gasteiger charge is -2.13. The van der Waals surface area contributed by atoms with E-state index in [0.29, 0.717) is 51.7 Å². The van der Waals surface area contributed by atoms with Gasteiger partial charge in [0.15, 0.2) is 23.3 Å². The Bertz CT molecular complexity index is 4160. The Kier molecular flexibility index (Phi) is 35.2. The molecule has 17 heteroatoms. The Morgan fingerprint density at radius 2 is 0.596 bits per heavy atom. The van der Waals surface area contributed by atoms with Crippen molar-refractivity contribution in [2.24, 2.45) is 0 Å². The smallest absolute Gasteiger partial charge is 0.335 e. The van der Waals surface area contributed by atoms with Crippen molar-refractivity contribution in [2.75, 3.05) is 34.5 Å². The van der Waals surface area contributed by atoms with Gasteiger partial charge in [0.2, 0.25) is 0 Å². The molecule has 2 aliphatic rings. The number of aromatic nitrogens is 8. The maximum Gasteiger partial charge on any atom is 0.335 e. The molecule has 10 rings (SSSR count). The van der Waals surface area contributed by atoms with Crippen LogP contribution in [0.15, 0.2) is 108 Å². The lowest BCUT2D eigenvalue weighted by atomic mass is 10.1. The summed E-state index contributed by atoms with van der Waals surface area (Å²) in [6, 6.07) is 26.8. The van der Waals surface area contributed by atoms with Crippen molar-refractivity contribution in [3.05, 3.63) is 84.4 Å². The Labute approximate surface area is 648 Å². The minimum atomic E-state index is -0.993. The first-order chi connectivity index (χ1) is 51.3. The standard InChI is InChI=1S/C87H118N8O3S6/c1-7-13-19-25-31-37-56-99-66-50-51-67(100-57-38-32-26-20-14-8-2)74-73(66)81-89-79-64-44-43-45-65(98-63-48-46-62(47-49-63)87(96)97)72(64)80(88-79)90-82-75-68(101-58-39-33-27-21-15-9-3)52-53-69(102-59-40-34-28-22-16-10-4)76(75)84(92-82)94-86-78-71(104-61-42-36-30-24-18-12-6)55-54-70(103-60-41-35-29-23-17-11-5)77(78)85(95-86)93-83(74)91-81/h43-55H,7-42,56-61H2,1-6H3,(H,96,97)(H2,88,89,90,91,92,93,94,95). The normalized spacial score (nSPS) is 11.9. The molecule has 3 aromatic heterocycles. The topological polar surface area (TPSA) is 155 Å². The number of fused-ring (bicyclic) bond motifs is 20. The Balaban J connectivity index is 1.28. The number of unbranched alkanes of at least 4 members (excludes halogenated alkanes) is 30. The number of carboxylic acid groups (broad SMARTS) is 1. The van der Waals surface area contributed by atoms with Crippen LogP contribution in [0.2, 0.25) is 0 Å². The van der Waals surface area contributed by atoms with Gasteiger partial charge in [0.05, 0.1) is 11.1 Å². The van der Waals surface area contributed by atoms with Crippen molar-refractivity contribution in [1.82, 2.24) is 39.9 Å². The van der Waals surface area contributed by atoms with Crippen molar-refractivity contribution < 1.29 is 14.6 Å². The SMILES string of the molecule is CCCCCCCCSc1ccc(SCCCCCCCC)c2c1-c1nc-2nc2[nH]c(nc3nc(nc4[nH]c(n1)c1c(SCCCCCCCC)ccc(SCCCCCCCC)c41)-c1cccc(Oc4ccc(C(=O)O)cc4)c1-3)c1c(SCCCCCCCC)ccc(SCCCCCCCC)c21. The van der Waals surface area contributed by atoms with Crippen molar-refractivity contribution in [2.45, 2.75) is 302 Å². The number of benzene rings is 5. The summed E-state index contributed by atoms with van der Waals surface area (Å²) in [6.07, 6.45) is 44.3. The Hall–Kier alpha value is -5.17. The molecule has 0 atom stereocenters. The van der Waals surface area contributed by atoms with Crippen molar-refractivity contribution in [1.29, 1.82) is 0 Å². The van der Waals surface area contributed by atoms with E-state index in [0.717, 1.165) is 127 Å². The van der Waals surface area contributed by atoms with Gasteiger partial charge in [-0.3, -0.25) is 0 Å². The van der Waals surface area contributed by atoms with Crippen LogP contribution in [0.5, 0.6) is 11.5 Å². The maximum atomic E-state index is 12.2. The lowest BCUT2D eigenvalue weighted by molar-refractivity contribution is 0.0696. The van der Waals surface area contributed by atoms with E-state index in [2.05, 4.69) is 94.0 Å². The van der Waals surface area contributed by atoms with Gasteiger partial charge in [-0.2, -0.15) is 0 Å². The van der Waals surface area contributed by atoms with Gasteiger partial charge in [-0.1, -0.05) is 246 Å². The summed E-state index contributed by atoms with van der Waals surface area (Å²) in [5.41, 5.74) is 6.64. The molecule has 104 heavy (non-hydrogen) atoms. The molecule has 11 nitrogen and oxygen atoms in total. The number of carboxylic acids is 1. The number of rotatable bonds is 51. The molecule has 0 radical (unpaired) electrons. The van der Waals surface area contributed by atoms with E-state index < -0.39 is 5.97 Å². The predicted octanol–water partition coefficient (Wildman–Crippen LogP) is 29.1. The summed E-state index contributed by atoms with van der Waals surface area (Å²) in [5.74, 6) is 8.31. The van der Waals surface area contributed by atoms with Crippen LogP contribution in [0.3, 0.4) is 0 Å². The van der Waals surface area contributed by atoms with E-state index in [1.54, 1.807) is 24.3 Å². The molecule has 2 aliphatic heterocycles. The van der Waals surface area contributed by atoms with Gasteiger partial charge in [-0.15, -0.1) is 70.6 Å². The Morgan fingerprint density at radius 1 is 0.317 bits per heavy atom. The van der Waals surface area contributed by atoms with Gasteiger partial charge < -0.3 is 19.8 Å². The molecule has 560 valence electrons. The zero-order chi connectivity index (χ0) is 72.5. The van der Waals surface area contributed by atoms with Crippen LogP contribution in [0.1, 0.15) is 283 Å². The monoisotopic (exact) mass is 1510 g/mol. The van der Waals surface area contributed by atoms with Crippen LogP contribution in [0, 0.1) is 0 Å². The summed E-state index contributed by atoms with van der Waals surface area (Å²) in [4.78, 5) is 62.3. The third-order valence-electron chi connectivity index (χ3n) is 19.9. The van der Waals surface area contributed by atoms with Gasteiger partial charge >= 0.3 is 5.97 Å². The third-order valence-corrected chi connectivity index (χ3v) is 26.8. The number of nitrogens with zero attached hydrogens (tertiary/aromatic N) is 6. The summed E-state index contributed by atoms with van der Waals surface area (Å²) < 4.78 is 6.90. The molecule has 0 fully saturated rings. The van der Waals surface area contributed by atoms with Crippen LogP contribution in [-0.4, -0.2) is 85.5 Å². The van der Waals surface area contributed by atoms with Crippen LogP contribution in [-0.2, 0) is 0 Å². The predicted molar refractivity (Wildman–Crippen MR) is 454 cm³/mol. The second-order valence-electron chi connectivity index (χ2n) is 28.4. The van der Waals surface area contributed by atoms with Crippen LogP contribution in [0.4, 0.5) is 0 Å². The number of nitrogens with one attached hydrogen (secondary N) is 2. The van der Waals surface area contributed by atoms with Crippen LogP contribution in [0.25, 0.3) is 89.7 Å². The first-order valence-electron chi connectivity index (χ1n) is 40.5. The van der Waals surface area contributed by atoms with Gasteiger partial charge in [-0.25, -0.2) is 34.7 Å². The van der Waals surface area contributed by atoms with E-state index in [1.807, 2.05) is 82.7 Å². The maximum absolute atomic E-state index is 12.2. The lowest BCUT2D eigenvalue weighted by Crippen LogP contribution is -1.95. The summed E-state index contributed by atoms with van der Waals surface area (Å²) in [7, 11) is 0. The largest absolute Gasteiger partial charge is 0.478 e. The molecule has 5 aromatic carbocycles. The van der Waals surface area contributed by atoms with Crippen LogP contribution >= 0.6 is 70.6 Å². The third kappa shape index (κ3) is 23.2. The number of ether oxygens (including phenoxy) is 1. The minimum Gasteiger partial charge on any atom is -0.478 e. The van der Waals surface area contributed by atoms with Crippen LogP contribution < -0.4 is 4.74 Å². The number of aromatic carboxylic acids is 1. The quantitative estimate of drug-likeness (QED) is 0.0244. The molecule has 3 N–H and O–H groups in total. The zero-order valence-electron chi connectivity index (χ0n) is 63.6. The molecule has 0 aliphatic carbocycles. The first-order valence-corrected chi connectivity index (χ1v) is 46.4. The average molecular weight is 1520 g/mol. The number of hydrogen-bond donors (Lipinski definition) is 3.